The van der Waals surface area contributed by atoms with Gasteiger partial charge in [-0.1, -0.05) is 0 Å². The largest absolute Gasteiger partial charge is 0.501 e. The van der Waals surface area contributed by atoms with Crippen molar-refractivity contribution in [3.05, 3.63) is 0 Å². The fourth-order valence-corrected chi connectivity index (χ4v) is 2.72. The molecule has 3 N–H and O–H groups in total. The number of rotatable bonds is 8. The molecule has 1 unspecified atom stereocenters. The Bertz CT molecular complexity index is 134. The molecule has 0 aromatic heterocycles. The summed E-state index contributed by atoms with van der Waals surface area (Å²) in [4.78, 5) is 0. The van der Waals surface area contributed by atoms with Crippen LogP contribution < -0.4 is 11.1 Å². The third-order valence-corrected chi connectivity index (χ3v) is 4.74. The summed E-state index contributed by atoms with van der Waals surface area (Å²) >= 11 is 0. The molecule has 6 heteroatoms. The van der Waals surface area contributed by atoms with Gasteiger partial charge in [-0.3, -0.25) is 0 Å². The Morgan fingerprint density at radius 3 is 2.07 bits per heavy atom. The van der Waals surface area contributed by atoms with Crippen LogP contribution in [0.1, 0.15) is 6.92 Å². The highest BCUT2D eigenvalue weighted by Crippen LogP contribution is 2.10. The van der Waals surface area contributed by atoms with Crippen molar-refractivity contribution < 1.29 is 13.3 Å². The molecule has 86 valence electrons. The Hall–Kier alpha value is 0.0169. The van der Waals surface area contributed by atoms with Crippen molar-refractivity contribution in [2.75, 3.05) is 34.4 Å². The third kappa shape index (κ3) is 5.04. The molecule has 0 aromatic rings. The van der Waals surface area contributed by atoms with Crippen LogP contribution in [0.5, 0.6) is 0 Å². The van der Waals surface area contributed by atoms with E-state index in [2.05, 4.69) is 5.32 Å². The predicted molar refractivity (Wildman–Crippen MR) is 58.1 cm³/mol. The smallest absolute Gasteiger partial charge is 0.377 e. The number of nitrogens with one attached hydrogen (secondary N) is 1. The molecule has 0 saturated carbocycles. The van der Waals surface area contributed by atoms with Gasteiger partial charge in [0.2, 0.25) is 0 Å². The normalized spacial score (nSPS) is 14.4. The lowest BCUT2D eigenvalue weighted by Crippen LogP contribution is -2.45. The second-order valence-electron chi connectivity index (χ2n) is 3.23. The average molecular weight is 222 g/mol. The van der Waals surface area contributed by atoms with E-state index in [1.165, 1.54) is 0 Å². The number of hydrogen-bond donors (Lipinski definition) is 2. The maximum atomic E-state index is 5.59. The molecule has 0 aliphatic rings. The van der Waals surface area contributed by atoms with E-state index < -0.39 is 8.80 Å². The van der Waals surface area contributed by atoms with E-state index in [1.807, 2.05) is 6.92 Å². The molecule has 0 fully saturated rings. The molecule has 0 aromatic carbocycles. The zero-order chi connectivity index (χ0) is 11.0. The Balaban J connectivity index is 3.71. The second kappa shape index (κ2) is 7.33. The van der Waals surface area contributed by atoms with Crippen molar-refractivity contribution in [3.63, 3.8) is 0 Å². The van der Waals surface area contributed by atoms with Crippen molar-refractivity contribution in [3.8, 4) is 0 Å². The van der Waals surface area contributed by atoms with Crippen LogP contribution in [0.25, 0.3) is 0 Å². The highest BCUT2D eigenvalue weighted by atomic mass is 28.4. The van der Waals surface area contributed by atoms with E-state index >= 15 is 0 Å². The zero-order valence-electron chi connectivity index (χ0n) is 9.50. The Morgan fingerprint density at radius 2 is 1.71 bits per heavy atom. The molecule has 0 rings (SSSR count). The second-order valence-corrected chi connectivity index (χ2v) is 6.32. The highest BCUT2D eigenvalue weighted by molar-refractivity contribution is 6.60. The first-order valence-corrected chi connectivity index (χ1v) is 6.65. The molecule has 0 aliphatic heterocycles. The fraction of sp³-hybridized carbons (Fsp3) is 1.00. The zero-order valence-corrected chi connectivity index (χ0v) is 10.5. The minimum atomic E-state index is -2.39. The Kier molecular flexibility index (Phi) is 7.34. The third-order valence-electron chi connectivity index (χ3n) is 2.01. The average Bonchev–Trinajstić information content (AvgIpc) is 2.19. The van der Waals surface area contributed by atoms with Gasteiger partial charge in [0.25, 0.3) is 0 Å². The van der Waals surface area contributed by atoms with Crippen LogP contribution in [-0.2, 0) is 13.3 Å². The molecular formula is C8H22N2O3Si. The van der Waals surface area contributed by atoms with E-state index in [9.17, 15) is 0 Å². The highest BCUT2D eigenvalue weighted by Gasteiger charge is 2.36. The van der Waals surface area contributed by atoms with Crippen LogP contribution in [0.4, 0.5) is 0 Å². The van der Waals surface area contributed by atoms with Crippen LogP contribution in [0.3, 0.4) is 0 Å². The van der Waals surface area contributed by atoms with Crippen molar-refractivity contribution in [1.29, 1.82) is 0 Å². The molecule has 0 aliphatic carbocycles. The van der Waals surface area contributed by atoms with Gasteiger partial charge in [-0.2, -0.15) is 0 Å². The predicted octanol–water partition coefficient (Wildman–Crippen LogP) is -0.199. The van der Waals surface area contributed by atoms with Crippen LogP contribution in [0, 0.1) is 0 Å². The molecule has 0 radical (unpaired) electrons. The molecule has 1 atom stereocenters. The van der Waals surface area contributed by atoms with Crippen molar-refractivity contribution in [2.45, 2.75) is 19.0 Å². The Morgan fingerprint density at radius 1 is 1.21 bits per heavy atom. The lowest BCUT2D eigenvalue weighted by atomic mass is 10.4. The summed E-state index contributed by atoms with van der Waals surface area (Å²) in [6.45, 7) is 3.55. The van der Waals surface area contributed by atoms with Gasteiger partial charge in [-0.15, -0.1) is 0 Å². The molecular weight excluding hydrogens is 200 g/mol. The first kappa shape index (κ1) is 14.0. The summed E-state index contributed by atoms with van der Waals surface area (Å²) in [5.41, 5.74) is 5.59. The van der Waals surface area contributed by atoms with Gasteiger partial charge >= 0.3 is 8.80 Å². The number of hydrogen-bond acceptors (Lipinski definition) is 5. The Labute approximate surface area is 87.3 Å². The lowest BCUT2D eigenvalue weighted by Gasteiger charge is -2.24. The summed E-state index contributed by atoms with van der Waals surface area (Å²) in [7, 11) is 2.45. The van der Waals surface area contributed by atoms with Gasteiger partial charge in [-0.05, 0) is 13.5 Å². The van der Waals surface area contributed by atoms with Crippen molar-refractivity contribution in [1.82, 2.24) is 5.32 Å². The van der Waals surface area contributed by atoms with Crippen LogP contribution in [-0.4, -0.2) is 49.3 Å². The maximum Gasteiger partial charge on any atom is 0.501 e. The maximum absolute atomic E-state index is 5.59. The minimum Gasteiger partial charge on any atom is -0.377 e. The summed E-state index contributed by atoms with van der Waals surface area (Å²) in [6, 6.07) is 0.919. The van der Waals surface area contributed by atoms with Crippen LogP contribution in [0.15, 0.2) is 0 Å². The monoisotopic (exact) mass is 222 g/mol. The van der Waals surface area contributed by atoms with Crippen molar-refractivity contribution >= 4 is 8.80 Å². The van der Waals surface area contributed by atoms with E-state index in [-0.39, 0.29) is 6.04 Å². The van der Waals surface area contributed by atoms with Gasteiger partial charge in [0, 0.05) is 40.0 Å². The van der Waals surface area contributed by atoms with E-state index in [0.29, 0.717) is 0 Å². The number of nitrogens with two attached hydrogens (primary N) is 1. The first-order valence-electron chi connectivity index (χ1n) is 4.72. The molecule has 0 heterocycles. The van der Waals surface area contributed by atoms with E-state index in [1.54, 1.807) is 21.3 Å². The standard InChI is InChI=1S/C8H22N2O3Si/c1-8(9)7-10-5-6-14(11-2,12-3)13-4/h8,10H,5-7,9H2,1-4H3. The van der Waals surface area contributed by atoms with Crippen molar-refractivity contribution in [2.24, 2.45) is 5.73 Å². The molecule has 14 heavy (non-hydrogen) atoms. The first-order chi connectivity index (χ1) is 6.60. The molecule has 0 saturated heterocycles. The fourth-order valence-electron chi connectivity index (χ4n) is 1.13. The SMILES string of the molecule is CO[Si](CCNCC(C)N)(OC)OC. The van der Waals surface area contributed by atoms with Gasteiger partial charge in [0.1, 0.15) is 0 Å². The molecule has 0 bridgehead atoms. The summed E-state index contributed by atoms with van der Waals surface area (Å²) < 4.78 is 15.8. The topological polar surface area (TPSA) is 65.7 Å². The lowest BCUT2D eigenvalue weighted by molar-refractivity contribution is 0.123. The quantitative estimate of drug-likeness (QED) is 0.440. The van der Waals surface area contributed by atoms with Gasteiger partial charge in [0.15, 0.2) is 0 Å². The summed E-state index contributed by atoms with van der Waals surface area (Å²) in [5, 5.41) is 3.21. The van der Waals surface area contributed by atoms with E-state index in [0.717, 1.165) is 19.1 Å². The van der Waals surface area contributed by atoms with E-state index in [4.69, 9.17) is 19.0 Å². The van der Waals surface area contributed by atoms with Crippen LogP contribution >= 0.6 is 0 Å². The molecule has 5 nitrogen and oxygen atoms in total. The van der Waals surface area contributed by atoms with Gasteiger partial charge in [0.05, 0.1) is 0 Å². The summed E-state index contributed by atoms with van der Waals surface area (Å²) in [6.07, 6.45) is 0. The molecule has 0 amide bonds. The van der Waals surface area contributed by atoms with Gasteiger partial charge < -0.3 is 24.3 Å². The molecule has 0 spiro atoms. The van der Waals surface area contributed by atoms with Crippen LogP contribution in [0.2, 0.25) is 6.04 Å². The van der Waals surface area contributed by atoms with Gasteiger partial charge in [-0.25, -0.2) is 0 Å². The minimum absolute atomic E-state index is 0.165. The summed E-state index contributed by atoms with van der Waals surface area (Å²) in [5.74, 6) is 0.